The van der Waals surface area contributed by atoms with Gasteiger partial charge in [0, 0.05) is 17.0 Å². The van der Waals surface area contributed by atoms with Gasteiger partial charge in [-0.25, -0.2) is 8.42 Å². The van der Waals surface area contributed by atoms with Gasteiger partial charge in [-0.05, 0) is 48.2 Å². The zero-order chi connectivity index (χ0) is 22.1. The highest BCUT2D eigenvalue weighted by molar-refractivity contribution is 7.92. The number of thiophene rings is 1. The number of anilines is 1. The van der Waals surface area contributed by atoms with Crippen molar-refractivity contribution in [2.24, 2.45) is 5.10 Å². The number of hydrogen-bond donors (Lipinski definition) is 1. The summed E-state index contributed by atoms with van der Waals surface area (Å²) in [5, 5.41) is 6.41. The van der Waals surface area contributed by atoms with Crippen LogP contribution < -0.4 is 4.72 Å². The van der Waals surface area contributed by atoms with Crippen LogP contribution in [-0.2, 0) is 20.0 Å². The Balaban J connectivity index is 1.68. The second-order valence-electron chi connectivity index (χ2n) is 6.96. The molecule has 1 aromatic heterocycles. The average molecular weight is 476 g/mol. The number of rotatable bonds is 7. The smallest absolute Gasteiger partial charge is 0.279 e. The number of hydrogen-bond acceptors (Lipinski definition) is 6. The molecule has 2 aromatic carbocycles. The van der Waals surface area contributed by atoms with Crippen LogP contribution >= 0.6 is 11.3 Å². The molecule has 10 heteroatoms. The molecule has 31 heavy (non-hydrogen) atoms. The molecule has 0 unspecified atom stereocenters. The van der Waals surface area contributed by atoms with E-state index < -0.39 is 26.1 Å². The third-order valence-corrected chi connectivity index (χ3v) is 8.88. The van der Waals surface area contributed by atoms with Crippen LogP contribution in [-0.4, -0.2) is 32.7 Å². The van der Waals surface area contributed by atoms with Crippen LogP contribution in [0.2, 0.25) is 0 Å². The van der Waals surface area contributed by atoms with Gasteiger partial charge >= 0.3 is 0 Å². The predicted molar refractivity (Wildman–Crippen MR) is 123 cm³/mol. The lowest BCUT2D eigenvalue weighted by Gasteiger charge is -2.22. The molecule has 4 rings (SSSR count). The standard InChI is InChI=1S/C21H21N3O4S3/c1-2-30(25,26)23-17-12-10-16(11-13-17)19-15-20(21-9-6-14-29-21)24(22-19)31(27,28)18-7-4-3-5-8-18/h3-14,20,23H,2,15H2,1H3/t20-/m1/s1. The molecule has 0 saturated carbocycles. The van der Waals surface area contributed by atoms with Crippen LogP contribution in [0.4, 0.5) is 5.69 Å². The zero-order valence-corrected chi connectivity index (χ0v) is 19.1. The van der Waals surface area contributed by atoms with Gasteiger partial charge < -0.3 is 0 Å². The van der Waals surface area contributed by atoms with Gasteiger partial charge in [0.2, 0.25) is 10.0 Å². The van der Waals surface area contributed by atoms with E-state index in [1.807, 2.05) is 17.5 Å². The van der Waals surface area contributed by atoms with Crippen LogP contribution in [0.25, 0.3) is 0 Å². The molecule has 0 bridgehead atoms. The maximum atomic E-state index is 13.3. The van der Waals surface area contributed by atoms with Gasteiger partial charge in [-0.3, -0.25) is 4.72 Å². The van der Waals surface area contributed by atoms with E-state index in [0.29, 0.717) is 17.8 Å². The first-order valence-corrected chi connectivity index (χ1v) is 13.6. The molecule has 162 valence electrons. The summed E-state index contributed by atoms with van der Waals surface area (Å²) in [5.74, 6) is -0.0176. The predicted octanol–water partition coefficient (Wildman–Crippen LogP) is 4.05. The minimum absolute atomic E-state index is 0.0176. The molecule has 0 radical (unpaired) electrons. The quantitative estimate of drug-likeness (QED) is 0.558. The van der Waals surface area contributed by atoms with Crippen molar-refractivity contribution < 1.29 is 16.8 Å². The van der Waals surface area contributed by atoms with Crippen molar-refractivity contribution in [1.82, 2.24) is 4.41 Å². The van der Waals surface area contributed by atoms with E-state index in [1.54, 1.807) is 61.5 Å². The highest BCUT2D eigenvalue weighted by Gasteiger charge is 2.38. The first-order chi connectivity index (χ1) is 14.8. The zero-order valence-electron chi connectivity index (χ0n) is 16.7. The highest BCUT2D eigenvalue weighted by Crippen LogP contribution is 2.38. The van der Waals surface area contributed by atoms with Crippen LogP contribution in [0.3, 0.4) is 0 Å². The Morgan fingerprint density at radius 1 is 1.00 bits per heavy atom. The van der Waals surface area contributed by atoms with Crippen molar-refractivity contribution >= 4 is 42.8 Å². The Morgan fingerprint density at radius 3 is 2.32 bits per heavy atom. The molecule has 2 heterocycles. The van der Waals surface area contributed by atoms with Crippen molar-refractivity contribution in [2.75, 3.05) is 10.5 Å². The van der Waals surface area contributed by atoms with Crippen molar-refractivity contribution in [2.45, 2.75) is 24.3 Å². The molecule has 1 aliphatic heterocycles. The van der Waals surface area contributed by atoms with Crippen molar-refractivity contribution in [3.8, 4) is 0 Å². The molecule has 7 nitrogen and oxygen atoms in total. The van der Waals surface area contributed by atoms with E-state index in [4.69, 9.17) is 0 Å². The van der Waals surface area contributed by atoms with Crippen molar-refractivity contribution in [3.05, 3.63) is 82.6 Å². The number of nitrogens with one attached hydrogen (secondary N) is 1. The first-order valence-electron chi connectivity index (χ1n) is 9.61. The van der Waals surface area contributed by atoms with Gasteiger partial charge in [0.05, 0.1) is 16.4 Å². The summed E-state index contributed by atoms with van der Waals surface area (Å²) in [4.78, 5) is 1.09. The fourth-order valence-corrected chi connectivity index (χ4v) is 6.22. The number of hydrazone groups is 1. The largest absolute Gasteiger partial charge is 0.284 e. The van der Waals surface area contributed by atoms with E-state index in [1.165, 1.54) is 15.8 Å². The van der Waals surface area contributed by atoms with E-state index in [2.05, 4.69) is 9.82 Å². The van der Waals surface area contributed by atoms with Crippen LogP contribution in [0, 0.1) is 0 Å². The number of benzene rings is 2. The Hall–Kier alpha value is -2.69. The van der Waals surface area contributed by atoms with E-state index >= 15 is 0 Å². The molecule has 1 atom stereocenters. The SMILES string of the molecule is CCS(=O)(=O)Nc1ccc(C2=NN(S(=O)(=O)c3ccccc3)[C@@H](c3cccs3)C2)cc1. The molecule has 0 spiro atoms. The summed E-state index contributed by atoms with van der Waals surface area (Å²) in [6.45, 7) is 1.57. The average Bonchev–Trinajstić information content (AvgIpc) is 3.45. The van der Waals surface area contributed by atoms with Crippen molar-refractivity contribution in [1.29, 1.82) is 0 Å². The Bertz CT molecular complexity index is 1290. The Kier molecular flexibility index (Phi) is 5.87. The number of nitrogens with zero attached hydrogens (tertiary/aromatic N) is 2. The fraction of sp³-hybridized carbons (Fsp3) is 0.190. The molecule has 0 saturated heterocycles. The summed E-state index contributed by atoms with van der Waals surface area (Å²) in [5.41, 5.74) is 1.82. The fourth-order valence-electron chi connectivity index (χ4n) is 3.26. The van der Waals surface area contributed by atoms with Crippen molar-refractivity contribution in [3.63, 3.8) is 0 Å². The summed E-state index contributed by atoms with van der Waals surface area (Å²) in [6.07, 6.45) is 0.423. The number of sulfonamides is 2. The monoisotopic (exact) mass is 475 g/mol. The van der Waals surface area contributed by atoms with Crippen LogP contribution in [0.5, 0.6) is 0 Å². The van der Waals surface area contributed by atoms with E-state index in [0.717, 1.165) is 10.4 Å². The molecule has 3 aromatic rings. The summed E-state index contributed by atoms with van der Waals surface area (Å²) in [6, 6.07) is 18.4. The lowest BCUT2D eigenvalue weighted by molar-refractivity contribution is 0.375. The molecule has 0 fully saturated rings. The summed E-state index contributed by atoms with van der Waals surface area (Å²) < 4.78 is 53.8. The molecule has 0 amide bonds. The van der Waals surface area contributed by atoms with E-state index in [9.17, 15) is 16.8 Å². The molecular formula is C21H21N3O4S3. The summed E-state index contributed by atoms with van der Waals surface area (Å²) in [7, 11) is -7.20. The summed E-state index contributed by atoms with van der Waals surface area (Å²) >= 11 is 1.49. The normalized spacial score (nSPS) is 16.9. The molecule has 1 aliphatic rings. The topological polar surface area (TPSA) is 95.9 Å². The molecule has 1 N–H and O–H groups in total. The maximum absolute atomic E-state index is 13.3. The molecule has 0 aliphatic carbocycles. The molecular weight excluding hydrogens is 454 g/mol. The first kappa shape index (κ1) is 21.5. The van der Waals surface area contributed by atoms with Crippen LogP contribution in [0.1, 0.15) is 29.8 Å². The van der Waals surface area contributed by atoms with Gasteiger partial charge in [0.15, 0.2) is 0 Å². The second-order valence-corrected chi connectivity index (χ2v) is 11.7. The Labute approximate surface area is 186 Å². The lowest BCUT2D eigenvalue weighted by Crippen LogP contribution is -2.26. The second kappa shape index (κ2) is 8.45. The van der Waals surface area contributed by atoms with Gasteiger partial charge in [-0.15, -0.1) is 11.3 Å². The third-order valence-electron chi connectivity index (χ3n) is 4.90. The minimum atomic E-state index is -3.83. The lowest BCUT2D eigenvalue weighted by atomic mass is 10.0. The van der Waals surface area contributed by atoms with Gasteiger partial charge in [-0.2, -0.15) is 17.9 Å². The van der Waals surface area contributed by atoms with Gasteiger partial charge in [-0.1, -0.05) is 36.4 Å². The minimum Gasteiger partial charge on any atom is -0.284 e. The van der Waals surface area contributed by atoms with Gasteiger partial charge in [0.25, 0.3) is 10.0 Å². The van der Waals surface area contributed by atoms with Crippen LogP contribution in [0.15, 0.2) is 82.1 Å². The Morgan fingerprint density at radius 2 is 1.71 bits per heavy atom. The highest BCUT2D eigenvalue weighted by atomic mass is 32.2. The third kappa shape index (κ3) is 4.51. The van der Waals surface area contributed by atoms with Gasteiger partial charge in [0.1, 0.15) is 6.04 Å². The van der Waals surface area contributed by atoms with E-state index in [-0.39, 0.29) is 10.6 Å². The maximum Gasteiger partial charge on any atom is 0.279 e.